The van der Waals surface area contributed by atoms with Crippen molar-refractivity contribution in [3.8, 4) is 0 Å². The van der Waals surface area contributed by atoms with Gasteiger partial charge < -0.3 is 4.74 Å². The lowest BCUT2D eigenvalue weighted by Gasteiger charge is -2.32. The van der Waals surface area contributed by atoms with E-state index < -0.39 is 0 Å². The molecule has 3 heteroatoms. The summed E-state index contributed by atoms with van der Waals surface area (Å²) in [6, 6.07) is 0. The maximum Gasteiger partial charge on any atom is 0.146 e. The summed E-state index contributed by atoms with van der Waals surface area (Å²) >= 11 is 3.14. The highest BCUT2D eigenvalue weighted by Crippen LogP contribution is 2.30. The topological polar surface area (TPSA) is 26.3 Å². The lowest BCUT2D eigenvalue weighted by Crippen LogP contribution is -2.36. The van der Waals surface area contributed by atoms with Crippen LogP contribution in [-0.4, -0.2) is 24.3 Å². The van der Waals surface area contributed by atoms with Gasteiger partial charge in [-0.2, -0.15) is 0 Å². The van der Waals surface area contributed by atoms with Crippen LogP contribution in [0.5, 0.6) is 0 Å². The molecule has 1 aliphatic carbocycles. The zero-order valence-corrected chi connectivity index (χ0v) is 7.56. The van der Waals surface area contributed by atoms with Gasteiger partial charge in [0.25, 0.3) is 0 Å². The predicted octanol–water partition coefficient (Wildman–Crippen LogP) is 1.38. The van der Waals surface area contributed by atoms with Crippen molar-refractivity contribution in [3.63, 3.8) is 0 Å². The van der Waals surface area contributed by atoms with Crippen LogP contribution in [0.3, 0.4) is 0 Å². The van der Waals surface area contributed by atoms with Gasteiger partial charge in [0.15, 0.2) is 0 Å². The Morgan fingerprint density at radius 2 is 2.30 bits per heavy atom. The highest BCUT2D eigenvalue weighted by atomic mass is 79.9. The number of carbonyl (C=O) groups is 1. The fourth-order valence-electron chi connectivity index (χ4n) is 1.13. The fraction of sp³-hybridized carbons (Fsp3) is 0.857. The van der Waals surface area contributed by atoms with E-state index in [2.05, 4.69) is 15.9 Å². The van der Waals surface area contributed by atoms with Crippen LogP contribution in [0.4, 0.5) is 0 Å². The van der Waals surface area contributed by atoms with Crippen LogP contribution in [0.2, 0.25) is 0 Å². The second-order valence-electron chi connectivity index (χ2n) is 2.63. The summed E-state index contributed by atoms with van der Waals surface area (Å²) in [5, 5.41) is 0.494. The van der Waals surface area contributed by atoms with Crippen LogP contribution in [0.1, 0.15) is 12.8 Å². The lowest BCUT2D eigenvalue weighted by molar-refractivity contribution is -0.127. The molecule has 1 saturated carbocycles. The van der Waals surface area contributed by atoms with Gasteiger partial charge in [0, 0.05) is 13.0 Å². The normalized spacial score (nSPS) is 31.4. The third-order valence-electron chi connectivity index (χ3n) is 2.02. The first-order valence-corrected chi connectivity index (χ1v) is 4.51. The van der Waals surface area contributed by atoms with Crippen LogP contribution >= 0.6 is 15.9 Å². The van der Waals surface area contributed by atoms with Crippen molar-refractivity contribution in [2.75, 3.05) is 12.4 Å². The molecule has 1 rings (SSSR count). The van der Waals surface area contributed by atoms with E-state index in [9.17, 15) is 4.79 Å². The fourth-order valence-corrected chi connectivity index (χ4v) is 1.59. The average Bonchev–Trinajstić information content (AvgIpc) is 1.85. The molecule has 0 aliphatic heterocycles. The van der Waals surface area contributed by atoms with Gasteiger partial charge in [-0.05, 0) is 12.8 Å². The number of ketones is 1. The minimum atomic E-state index is 0.268. The Morgan fingerprint density at radius 3 is 2.70 bits per heavy atom. The van der Waals surface area contributed by atoms with E-state index in [0.717, 1.165) is 12.8 Å². The minimum absolute atomic E-state index is 0.268. The van der Waals surface area contributed by atoms with Gasteiger partial charge in [-0.1, -0.05) is 15.9 Å². The molecule has 0 aromatic carbocycles. The molecule has 10 heavy (non-hydrogen) atoms. The summed E-state index contributed by atoms with van der Waals surface area (Å²) < 4.78 is 5.04. The van der Waals surface area contributed by atoms with E-state index in [4.69, 9.17) is 4.74 Å². The third kappa shape index (κ3) is 1.58. The van der Waals surface area contributed by atoms with E-state index in [1.807, 2.05) is 0 Å². The first-order valence-electron chi connectivity index (χ1n) is 3.39. The van der Waals surface area contributed by atoms with Gasteiger partial charge in [-0.15, -0.1) is 0 Å². The zero-order valence-electron chi connectivity index (χ0n) is 5.97. The van der Waals surface area contributed by atoms with E-state index in [1.54, 1.807) is 7.11 Å². The smallest absolute Gasteiger partial charge is 0.146 e. The van der Waals surface area contributed by atoms with Crippen molar-refractivity contribution in [1.82, 2.24) is 0 Å². The van der Waals surface area contributed by atoms with Crippen LogP contribution in [0, 0.1) is 5.92 Å². The molecular weight excluding hydrogens is 196 g/mol. The molecule has 0 radical (unpaired) electrons. The molecular formula is C7H11BrO2. The molecule has 0 amide bonds. The number of alkyl halides is 1. The molecule has 0 aromatic heterocycles. The van der Waals surface area contributed by atoms with Crippen molar-refractivity contribution in [2.24, 2.45) is 5.92 Å². The molecule has 2 nitrogen and oxygen atoms in total. The van der Waals surface area contributed by atoms with E-state index in [0.29, 0.717) is 17.2 Å². The maximum absolute atomic E-state index is 11.0. The Kier molecular flexibility index (Phi) is 2.86. The molecule has 1 aliphatic rings. The molecule has 0 spiro atoms. The minimum Gasteiger partial charge on any atom is -0.381 e. The summed E-state index contributed by atoms with van der Waals surface area (Å²) in [6.07, 6.45) is 2.18. The van der Waals surface area contributed by atoms with Gasteiger partial charge in [0.05, 0.1) is 11.4 Å². The zero-order chi connectivity index (χ0) is 7.56. The summed E-state index contributed by atoms with van der Waals surface area (Å²) in [6.45, 7) is 0. The quantitative estimate of drug-likeness (QED) is 0.653. The number of methoxy groups -OCH3 is 1. The number of hydrogen-bond donors (Lipinski definition) is 0. The molecule has 0 bridgehead atoms. The second kappa shape index (κ2) is 3.49. The van der Waals surface area contributed by atoms with Crippen molar-refractivity contribution < 1.29 is 9.53 Å². The highest BCUT2D eigenvalue weighted by Gasteiger charge is 2.33. The number of Topliss-reactive ketones (excluding diaryl/α,β-unsaturated/α-hetero) is 1. The summed E-state index contributed by atoms with van der Waals surface area (Å²) in [5.41, 5.74) is 0. The average molecular weight is 207 g/mol. The van der Waals surface area contributed by atoms with E-state index in [1.165, 1.54) is 0 Å². The molecule has 0 aromatic rings. The summed E-state index contributed by atoms with van der Waals surface area (Å²) in [7, 11) is 1.69. The molecule has 0 heterocycles. The molecule has 0 unspecified atom stereocenters. The van der Waals surface area contributed by atoms with Crippen molar-refractivity contribution in [1.29, 1.82) is 0 Å². The van der Waals surface area contributed by atoms with Gasteiger partial charge in [-0.3, -0.25) is 4.79 Å². The van der Waals surface area contributed by atoms with E-state index >= 15 is 0 Å². The van der Waals surface area contributed by atoms with Crippen LogP contribution in [0.25, 0.3) is 0 Å². The molecule has 0 N–H and O–H groups in total. The van der Waals surface area contributed by atoms with Crippen LogP contribution in [-0.2, 0) is 9.53 Å². The Balaban J connectivity index is 2.19. The predicted molar refractivity (Wildman–Crippen MR) is 42.3 cm³/mol. The Labute approximate surface area is 69.1 Å². The number of halogens is 1. The second-order valence-corrected chi connectivity index (χ2v) is 3.19. The first-order chi connectivity index (χ1) is 4.77. The lowest BCUT2D eigenvalue weighted by atomic mass is 9.80. The van der Waals surface area contributed by atoms with Gasteiger partial charge >= 0.3 is 0 Å². The third-order valence-corrected chi connectivity index (χ3v) is 2.57. The number of ether oxygens (including phenoxy) is 1. The molecule has 58 valence electrons. The SMILES string of the molecule is COC1CC(C(=O)CBr)C1. The Morgan fingerprint density at radius 1 is 1.70 bits per heavy atom. The van der Waals surface area contributed by atoms with Crippen molar-refractivity contribution in [2.45, 2.75) is 18.9 Å². The van der Waals surface area contributed by atoms with Gasteiger partial charge in [0.2, 0.25) is 0 Å². The van der Waals surface area contributed by atoms with Gasteiger partial charge in [0.1, 0.15) is 5.78 Å². The summed E-state index contributed by atoms with van der Waals surface area (Å²) in [5.74, 6) is 0.581. The monoisotopic (exact) mass is 206 g/mol. The molecule has 0 atom stereocenters. The number of hydrogen-bond acceptors (Lipinski definition) is 2. The number of carbonyl (C=O) groups excluding carboxylic acids is 1. The van der Waals surface area contributed by atoms with Crippen LogP contribution < -0.4 is 0 Å². The highest BCUT2D eigenvalue weighted by molar-refractivity contribution is 9.09. The number of rotatable bonds is 3. The van der Waals surface area contributed by atoms with Gasteiger partial charge in [-0.25, -0.2) is 0 Å². The van der Waals surface area contributed by atoms with Crippen molar-refractivity contribution in [3.05, 3.63) is 0 Å². The maximum atomic E-state index is 11.0. The van der Waals surface area contributed by atoms with E-state index in [-0.39, 0.29) is 5.92 Å². The molecule has 0 saturated heterocycles. The Hall–Kier alpha value is 0.110. The molecule has 1 fully saturated rings. The largest absolute Gasteiger partial charge is 0.381 e. The van der Waals surface area contributed by atoms with Crippen LogP contribution in [0.15, 0.2) is 0 Å². The summed E-state index contributed by atoms with van der Waals surface area (Å²) in [4.78, 5) is 11.0. The first kappa shape index (κ1) is 8.21. The Bertz CT molecular complexity index is 130. The van der Waals surface area contributed by atoms with Crippen molar-refractivity contribution >= 4 is 21.7 Å². The standard InChI is InChI=1S/C7H11BrO2/c1-10-6-2-5(3-6)7(9)4-8/h5-6H,2-4H2,1H3.